The Kier molecular flexibility index (Phi) is 5.25. The molecule has 4 N–H and O–H groups in total. The fraction of sp³-hybridized carbons (Fsp3) is 0.333. The van der Waals surface area contributed by atoms with E-state index in [9.17, 15) is 14.0 Å². The van der Waals surface area contributed by atoms with Crippen LogP contribution >= 0.6 is 0 Å². The van der Waals surface area contributed by atoms with Gasteiger partial charge in [0.05, 0.1) is 0 Å². The average Bonchev–Trinajstić information content (AvgIpc) is 2.32. The maximum absolute atomic E-state index is 12.9. The summed E-state index contributed by atoms with van der Waals surface area (Å²) in [6.07, 6.45) is -0.0921. The van der Waals surface area contributed by atoms with Crippen molar-refractivity contribution in [1.29, 1.82) is 0 Å². The van der Waals surface area contributed by atoms with E-state index >= 15 is 0 Å². The predicted octanol–water partition coefficient (Wildman–Crippen LogP) is 1.09. The number of aliphatic hydroxyl groups is 1. The first-order valence-electron chi connectivity index (χ1n) is 5.61. The highest BCUT2D eigenvalue weighted by molar-refractivity contribution is 5.92. The molecule has 0 fully saturated rings. The second kappa shape index (κ2) is 6.69. The van der Waals surface area contributed by atoms with Crippen molar-refractivity contribution in [3.05, 3.63) is 29.6 Å². The summed E-state index contributed by atoms with van der Waals surface area (Å²) in [5.74, 6) is -1.66. The lowest BCUT2D eigenvalue weighted by Crippen LogP contribution is -2.43. The molecule has 7 heteroatoms. The number of halogens is 1. The average molecular weight is 270 g/mol. The number of aryl methyl sites for hydroxylation is 1. The minimum absolute atomic E-state index is 0.0921. The van der Waals surface area contributed by atoms with Crippen molar-refractivity contribution in [1.82, 2.24) is 5.32 Å². The second-order valence-corrected chi connectivity index (χ2v) is 3.96. The van der Waals surface area contributed by atoms with E-state index in [1.54, 1.807) is 6.92 Å². The zero-order valence-corrected chi connectivity index (χ0v) is 10.3. The number of anilines is 1. The molecule has 1 aromatic carbocycles. The van der Waals surface area contributed by atoms with Gasteiger partial charge in [-0.2, -0.15) is 0 Å². The number of carbonyl (C=O) groups is 2. The van der Waals surface area contributed by atoms with Crippen LogP contribution in [0.2, 0.25) is 0 Å². The Labute approximate surface area is 109 Å². The van der Waals surface area contributed by atoms with Gasteiger partial charge in [0.1, 0.15) is 11.9 Å². The lowest BCUT2D eigenvalue weighted by atomic mass is 10.2. The molecule has 0 bridgehead atoms. The van der Waals surface area contributed by atoms with Crippen LogP contribution in [0.4, 0.5) is 14.9 Å². The molecule has 1 aromatic rings. The minimum atomic E-state index is -1.24. The number of aliphatic carboxylic acids is 1. The molecule has 0 heterocycles. The smallest absolute Gasteiger partial charge is 0.326 e. The molecule has 104 valence electrons. The molecule has 1 rings (SSSR count). The number of carbonyl (C=O) groups excluding carboxylic acids is 1. The molecule has 0 unspecified atom stereocenters. The number of carboxylic acid groups (broad SMARTS) is 1. The third-order valence-corrected chi connectivity index (χ3v) is 2.46. The van der Waals surface area contributed by atoms with Crippen LogP contribution in [-0.2, 0) is 4.79 Å². The number of hydrogen-bond donors (Lipinski definition) is 4. The molecule has 6 nitrogen and oxygen atoms in total. The van der Waals surface area contributed by atoms with Gasteiger partial charge in [-0.25, -0.2) is 14.0 Å². The number of urea groups is 1. The van der Waals surface area contributed by atoms with Crippen molar-refractivity contribution in [2.24, 2.45) is 0 Å². The van der Waals surface area contributed by atoms with Crippen molar-refractivity contribution >= 4 is 17.7 Å². The Balaban J connectivity index is 2.66. The Morgan fingerprint density at radius 3 is 2.63 bits per heavy atom. The molecule has 0 aliphatic rings. The molecule has 0 saturated carbocycles. The number of hydrogen-bond acceptors (Lipinski definition) is 3. The van der Waals surface area contributed by atoms with Crippen LogP contribution < -0.4 is 10.6 Å². The van der Waals surface area contributed by atoms with Crippen LogP contribution in [0.5, 0.6) is 0 Å². The third-order valence-electron chi connectivity index (χ3n) is 2.46. The summed E-state index contributed by atoms with van der Waals surface area (Å²) in [6, 6.07) is 1.91. The van der Waals surface area contributed by atoms with Gasteiger partial charge in [0, 0.05) is 18.7 Å². The molecule has 0 saturated heterocycles. The van der Waals surface area contributed by atoms with Gasteiger partial charge in [-0.05, 0) is 30.7 Å². The maximum Gasteiger partial charge on any atom is 0.326 e. The fourth-order valence-corrected chi connectivity index (χ4v) is 1.47. The molecule has 0 radical (unpaired) electrons. The topological polar surface area (TPSA) is 98.7 Å². The van der Waals surface area contributed by atoms with E-state index in [-0.39, 0.29) is 13.0 Å². The molecular weight excluding hydrogens is 255 g/mol. The van der Waals surface area contributed by atoms with Crippen molar-refractivity contribution in [2.45, 2.75) is 19.4 Å². The van der Waals surface area contributed by atoms with E-state index in [2.05, 4.69) is 10.6 Å². The zero-order chi connectivity index (χ0) is 14.4. The van der Waals surface area contributed by atoms with Gasteiger partial charge in [0.2, 0.25) is 0 Å². The monoisotopic (exact) mass is 270 g/mol. The summed E-state index contributed by atoms with van der Waals surface area (Å²) in [7, 11) is 0. The highest BCUT2D eigenvalue weighted by Gasteiger charge is 2.19. The summed E-state index contributed by atoms with van der Waals surface area (Å²) < 4.78 is 12.9. The summed E-state index contributed by atoms with van der Waals surface area (Å²) in [5, 5.41) is 22.1. The number of aliphatic hydroxyl groups excluding tert-OH is 1. The van der Waals surface area contributed by atoms with Gasteiger partial charge in [-0.3, -0.25) is 0 Å². The van der Waals surface area contributed by atoms with Crippen molar-refractivity contribution in [3.8, 4) is 0 Å². The largest absolute Gasteiger partial charge is 0.480 e. The highest BCUT2D eigenvalue weighted by Crippen LogP contribution is 2.15. The van der Waals surface area contributed by atoms with E-state index in [4.69, 9.17) is 10.2 Å². The summed E-state index contributed by atoms with van der Waals surface area (Å²) in [4.78, 5) is 22.4. The van der Waals surface area contributed by atoms with Gasteiger partial charge >= 0.3 is 12.0 Å². The van der Waals surface area contributed by atoms with Crippen LogP contribution in [0.15, 0.2) is 18.2 Å². The Hall–Kier alpha value is -2.15. The summed E-state index contributed by atoms with van der Waals surface area (Å²) in [6.45, 7) is 1.26. The van der Waals surface area contributed by atoms with Crippen LogP contribution in [0.1, 0.15) is 12.0 Å². The van der Waals surface area contributed by atoms with Gasteiger partial charge < -0.3 is 20.8 Å². The van der Waals surface area contributed by atoms with Crippen molar-refractivity contribution in [2.75, 3.05) is 11.9 Å². The van der Waals surface area contributed by atoms with Crippen LogP contribution in [-0.4, -0.2) is 34.9 Å². The maximum atomic E-state index is 12.9. The summed E-state index contributed by atoms with van der Waals surface area (Å²) in [5.41, 5.74) is 0.899. The second-order valence-electron chi connectivity index (χ2n) is 3.96. The van der Waals surface area contributed by atoms with E-state index in [0.717, 1.165) is 0 Å². The van der Waals surface area contributed by atoms with Gasteiger partial charge in [0.25, 0.3) is 0 Å². The third kappa shape index (κ3) is 4.55. The molecule has 0 aliphatic carbocycles. The van der Waals surface area contributed by atoms with E-state index in [1.165, 1.54) is 18.2 Å². The number of amides is 2. The quantitative estimate of drug-likeness (QED) is 0.643. The lowest BCUT2D eigenvalue weighted by Gasteiger charge is -2.15. The van der Waals surface area contributed by atoms with Gasteiger partial charge in [-0.1, -0.05) is 0 Å². The number of rotatable bonds is 5. The summed E-state index contributed by atoms with van der Waals surface area (Å²) >= 11 is 0. The zero-order valence-electron chi connectivity index (χ0n) is 10.3. The Morgan fingerprint density at radius 2 is 2.11 bits per heavy atom. The van der Waals surface area contributed by atoms with Crippen molar-refractivity contribution in [3.63, 3.8) is 0 Å². The standard InChI is InChI=1S/C12H15FN2O4/c1-7-6-8(13)2-3-9(7)14-12(19)15-10(4-5-16)11(17)18/h2-3,6,10,16H,4-5H2,1H3,(H,17,18)(H2,14,15,19)/t10-/m1/s1. The van der Waals surface area contributed by atoms with E-state index < -0.39 is 23.9 Å². The normalized spacial score (nSPS) is 11.7. The molecule has 19 heavy (non-hydrogen) atoms. The Morgan fingerprint density at radius 1 is 1.42 bits per heavy atom. The minimum Gasteiger partial charge on any atom is -0.480 e. The van der Waals surface area contributed by atoms with Crippen LogP contribution in [0, 0.1) is 12.7 Å². The highest BCUT2D eigenvalue weighted by atomic mass is 19.1. The molecular formula is C12H15FN2O4. The van der Waals surface area contributed by atoms with Gasteiger partial charge in [-0.15, -0.1) is 0 Å². The molecule has 1 atom stereocenters. The molecule has 0 aromatic heterocycles. The SMILES string of the molecule is Cc1cc(F)ccc1NC(=O)N[C@H](CCO)C(=O)O. The number of benzene rings is 1. The molecule has 0 spiro atoms. The lowest BCUT2D eigenvalue weighted by molar-refractivity contribution is -0.139. The van der Waals surface area contributed by atoms with Crippen molar-refractivity contribution < 1.29 is 24.2 Å². The van der Waals surface area contributed by atoms with Gasteiger partial charge in [0.15, 0.2) is 0 Å². The van der Waals surface area contributed by atoms with E-state index in [1.807, 2.05) is 0 Å². The first kappa shape index (κ1) is 14.9. The number of nitrogens with one attached hydrogen (secondary N) is 2. The molecule has 2 amide bonds. The van der Waals surface area contributed by atoms with Crippen LogP contribution in [0.3, 0.4) is 0 Å². The van der Waals surface area contributed by atoms with E-state index in [0.29, 0.717) is 11.3 Å². The van der Waals surface area contributed by atoms with Crippen LogP contribution in [0.25, 0.3) is 0 Å². The predicted molar refractivity (Wildman–Crippen MR) is 66.4 cm³/mol. The molecule has 0 aliphatic heterocycles. The Bertz CT molecular complexity index is 479. The fourth-order valence-electron chi connectivity index (χ4n) is 1.47. The first-order valence-corrected chi connectivity index (χ1v) is 5.61. The number of carboxylic acids is 1. The first-order chi connectivity index (χ1) is 8.93.